The van der Waals surface area contributed by atoms with Crippen LogP contribution < -0.4 is 0 Å². The molecule has 1 rings (SSSR count). The van der Waals surface area contributed by atoms with E-state index < -0.39 is 0 Å². The van der Waals surface area contributed by atoms with Gasteiger partial charge in [0.05, 0.1) is 0 Å². The summed E-state index contributed by atoms with van der Waals surface area (Å²) in [5.41, 5.74) is 5.92. The SMILES string of the molecule is CCC(C)C1=C=CC=CC(C)=C1. The Kier molecular flexibility index (Phi) is 3.13. The van der Waals surface area contributed by atoms with Crippen LogP contribution in [0.5, 0.6) is 0 Å². The van der Waals surface area contributed by atoms with Crippen LogP contribution in [0.2, 0.25) is 0 Å². The first kappa shape index (κ1) is 9.09. The highest BCUT2D eigenvalue weighted by Crippen LogP contribution is 2.17. The molecule has 0 fully saturated rings. The second kappa shape index (κ2) is 4.13. The molecule has 0 nitrogen and oxygen atoms in total. The Labute approximate surface area is 75.0 Å². The lowest BCUT2D eigenvalue weighted by Crippen LogP contribution is -1.93. The molecule has 0 aromatic rings. The molecule has 1 aliphatic rings. The highest BCUT2D eigenvalue weighted by molar-refractivity contribution is 5.34. The van der Waals surface area contributed by atoms with Crippen LogP contribution in [-0.2, 0) is 0 Å². The van der Waals surface area contributed by atoms with E-state index >= 15 is 0 Å². The number of hydrogen-bond acceptors (Lipinski definition) is 0. The Balaban J connectivity index is 2.91. The predicted molar refractivity (Wildman–Crippen MR) is 53.9 cm³/mol. The second-order valence-electron chi connectivity index (χ2n) is 3.32. The third kappa shape index (κ3) is 2.25. The largest absolute Gasteiger partial charge is 0.117 e. The van der Waals surface area contributed by atoms with Crippen molar-refractivity contribution < 1.29 is 0 Å². The smallest absolute Gasteiger partial charge is 0.00296 e. The van der Waals surface area contributed by atoms with Crippen molar-refractivity contribution >= 4 is 0 Å². The molecule has 0 bridgehead atoms. The minimum Gasteiger partial charge on any atom is -0.117 e. The van der Waals surface area contributed by atoms with Gasteiger partial charge in [0, 0.05) is 0 Å². The average molecular weight is 160 g/mol. The topological polar surface area (TPSA) is 0 Å². The van der Waals surface area contributed by atoms with Gasteiger partial charge >= 0.3 is 0 Å². The van der Waals surface area contributed by atoms with E-state index in [0.717, 1.165) is 0 Å². The molecule has 64 valence electrons. The van der Waals surface area contributed by atoms with Crippen molar-refractivity contribution in [2.24, 2.45) is 5.92 Å². The third-order valence-electron chi connectivity index (χ3n) is 2.23. The molecule has 0 aromatic heterocycles. The van der Waals surface area contributed by atoms with Crippen molar-refractivity contribution in [2.75, 3.05) is 0 Å². The van der Waals surface area contributed by atoms with Gasteiger partial charge in [-0.05, 0) is 37.0 Å². The first-order valence-electron chi connectivity index (χ1n) is 4.55. The van der Waals surface area contributed by atoms with Crippen molar-refractivity contribution in [3.63, 3.8) is 0 Å². The minimum absolute atomic E-state index is 0.621. The van der Waals surface area contributed by atoms with Gasteiger partial charge in [-0.1, -0.05) is 31.6 Å². The molecule has 0 radical (unpaired) electrons. The van der Waals surface area contributed by atoms with Crippen LogP contribution in [0.15, 0.2) is 41.2 Å². The maximum atomic E-state index is 3.29. The first-order chi connectivity index (χ1) is 5.74. The number of hydrogen-bond donors (Lipinski definition) is 0. The average Bonchev–Trinajstić information content (AvgIpc) is 2.28. The number of allylic oxidation sites excluding steroid dienone is 5. The molecule has 0 saturated heterocycles. The standard InChI is InChI=1S/C12H16/c1-4-11(3)12-8-6-5-7-10(2)9-12/h5-7,9,11H,4H2,1-3H3. The van der Waals surface area contributed by atoms with Crippen molar-refractivity contribution in [1.82, 2.24) is 0 Å². The van der Waals surface area contributed by atoms with E-state index in [1.807, 2.05) is 12.2 Å². The van der Waals surface area contributed by atoms with Crippen molar-refractivity contribution in [2.45, 2.75) is 27.2 Å². The second-order valence-corrected chi connectivity index (χ2v) is 3.32. The van der Waals surface area contributed by atoms with Crippen LogP contribution in [0.25, 0.3) is 0 Å². The van der Waals surface area contributed by atoms with Gasteiger partial charge in [-0.2, -0.15) is 0 Å². The molecule has 1 unspecified atom stereocenters. The zero-order valence-electron chi connectivity index (χ0n) is 8.09. The van der Waals surface area contributed by atoms with Crippen LogP contribution in [0.1, 0.15) is 27.2 Å². The summed E-state index contributed by atoms with van der Waals surface area (Å²) in [6.07, 6.45) is 9.55. The fourth-order valence-electron chi connectivity index (χ4n) is 1.18. The Morgan fingerprint density at radius 1 is 1.50 bits per heavy atom. The molecule has 0 heteroatoms. The van der Waals surface area contributed by atoms with Gasteiger partial charge < -0.3 is 0 Å². The predicted octanol–water partition coefficient (Wildman–Crippen LogP) is 3.63. The van der Waals surface area contributed by atoms with Gasteiger partial charge in [0.2, 0.25) is 0 Å². The van der Waals surface area contributed by atoms with Gasteiger partial charge in [-0.3, -0.25) is 0 Å². The van der Waals surface area contributed by atoms with E-state index in [9.17, 15) is 0 Å². The quantitative estimate of drug-likeness (QED) is 0.541. The van der Waals surface area contributed by atoms with E-state index in [1.54, 1.807) is 0 Å². The summed E-state index contributed by atoms with van der Waals surface area (Å²) in [6, 6.07) is 0. The fraction of sp³-hybridized carbons (Fsp3) is 0.417. The van der Waals surface area contributed by atoms with Crippen molar-refractivity contribution in [3.8, 4) is 0 Å². The summed E-state index contributed by atoms with van der Waals surface area (Å²) in [6.45, 7) is 6.58. The molecule has 0 spiro atoms. The molecule has 1 atom stereocenters. The lowest BCUT2D eigenvalue weighted by Gasteiger charge is -2.06. The summed E-state index contributed by atoms with van der Waals surface area (Å²) in [7, 11) is 0. The molecule has 0 heterocycles. The van der Waals surface area contributed by atoms with Gasteiger partial charge in [-0.15, -0.1) is 5.73 Å². The van der Waals surface area contributed by atoms with Crippen LogP contribution in [0, 0.1) is 5.92 Å². The Bertz CT molecular complexity index is 270. The zero-order valence-corrected chi connectivity index (χ0v) is 8.09. The number of rotatable bonds is 2. The molecular formula is C12H16. The van der Waals surface area contributed by atoms with Gasteiger partial charge in [0.25, 0.3) is 0 Å². The third-order valence-corrected chi connectivity index (χ3v) is 2.23. The van der Waals surface area contributed by atoms with E-state index in [0.29, 0.717) is 5.92 Å². The van der Waals surface area contributed by atoms with Crippen LogP contribution in [-0.4, -0.2) is 0 Å². The summed E-state index contributed by atoms with van der Waals surface area (Å²) < 4.78 is 0. The maximum Gasteiger partial charge on any atom is -0.00296 e. The minimum atomic E-state index is 0.621. The molecule has 0 aromatic carbocycles. The summed E-state index contributed by atoms with van der Waals surface area (Å²) in [5.74, 6) is 0.621. The molecular weight excluding hydrogens is 144 g/mol. The highest BCUT2D eigenvalue weighted by atomic mass is 14.1. The van der Waals surface area contributed by atoms with E-state index in [2.05, 4.69) is 38.7 Å². The Morgan fingerprint density at radius 2 is 2.25 bits per heavy atom. The van der Waals surface area contributed by atoms with Crippen molar-refractivity contribution in [1.29, 1.82) is 0 Å². The maximum absolute atomic E-state index is 3.29. The fourth-order valence-corrected chi connectivity index (χ4v) is 1.18. The van der Waals surface area contributed by atoms with Crippen molar-refractivity contribution in [3.05, 3.63) is 41.2 Å². The van der Waals surface area contributed by atoms with Crippen LogP contribution in [0.4, 0.5) is 0 Å². The molecule has 0 aliphatic heterocycles. The molecule has 0 saturated carbocycles. The molecule has 0 N–H and O–H groups in total. The summed E-state index contributed by atoms with van der Waals surface area (Å²) in [4.78, 5) is 0. The van der Waals surface area contributed by atoms with Crippen LogP contribution in [0.3, 0.4) is 0 Å². The molecule has 0 amide bonds. The van der Waals surface area contributed by atoms with E-state index in [1.165, 1.54) is 17.6 Å². The normalized spacial score (nSPS) is 18.2. The summed E-state index contributed by atoms with van der Waals surface area (Å²) >= 11 is 0. The Morgan fingerprint density at radius 3 is 2.92 bits per heavy atom. The first-order valence-corrected chi connectivity index (χ1v) is 4.55. The van der Waals surface area contributed by atoms with E-state index in [-0.39, 0.29) is 0 Å². The van der Waals surface area contributed by atoms with Crippen LogP contribution >= 0.6 is 0 Å². The van der Waals surface area contributed by atoms with Gasteiger partial charge in [0.1, 0.15) is 0 Å². The monoisotopic (exact) mass is 160 g/mol. The Hall–Kier alpha value is -1.00. The van der Waals surface area contributed by atoms with Gasteiger partial charge in [-0.25, -0.2) is 0 Å². The zero-order chi connectivity index (χ0) is 8.97. The summed E-state index contributed by atoms with van der Waals surface area (Å²) in [5, 5.41) is 0. The van der Waals surface area contributed by atoms with Gasteiger partial charge in [0.15, 0.2) is 0 Å². The lowest BCUT2D eigenvalue weighted by atomic mass is 9.98. The molecule has 1 aliphatic carbocycles. The lowest BCUT2D eigenvalue weighted by molar-refractivity contribution is 0.671. The van der Waals surface area contributed by atoms with E-state index in [4.69, 9.17) is 0 Å². The highest BCUT2D eigenvalue weighted by Gasteiger charge is 2.03. The molecule has 12 heavy (non-hydrogen) atoms.